The molecule has 4 rings (SSSR count). The molecular formula is C25H36O5. The Labute approximate surface area is 179 Å². The van der Waals surface area contributed by atoms with Crippen LogP contribution in [0.5, 0.6) is 0 Å². The smallest absolute Gasteiger partial charge is 0.190 e. The van der Waals surface area contributed by atoms with E-state index in [2.05, 4.69) is 27.7 Å². The first-order valence-electron chi connectivity index (χ1n) is 11.3. The zero-order valence-electron chi connectivity index (χ0n) is 18.9. The maximum atomic E-state index is 12.5. The van der Waals surface area contributed by atoms with E-state index in [1.54, 1.807) is 12.2 Å². The fourth-order valence-corrected chi connectivity index (χ4v) is 8.03. The van der Waals surface area contributed by atoms with E-state index in [1.165, 1.54) is 0 Å². The average molecular weight is 417 g/mol. The molecule has 30 heavy (non-hydrogen) atoms. The van der Waals surface area contributed by atoms with Crippen LogP contribution in [0.25, 0.3) is 0 Å². The molecule has 0 spiro atoms. The Bertz CT molecular complexity index is 848. The average Bonchev–Trinajstić information content (AvgIpc) is 2.91. The second-order valence-electron chi connectivity index (χ2n) is 11.6. The lowest BCUT2D eigenvalue weighted by atomic mass is 9.43. The van der Waals surface area contributed by atoms with E-state index in [9.17, 15) is 24.9 Å². The minimum atomic E-state index is -1.58. The van der Waals surface area contributed by atoms with Gasteiger partial charge in [-0.05, 0) is 61.5 Å². The van der Waals surface area contributed by atoms with Crippen molar-refractivity contribution in [1.29, 1.82) is 0 Å². The Morgan fingerprint density at radius 2 is 1.87 bits per heavy atom. The summed E-state index contributed by atoms with van der Waals surface area (Å²) in [6.45, 7) is 9.81. The first-order valence-corrected chi connectivity index (χ1v) is 11.3. The van der Waals surface area contributed by atoms with Crippen LogP contribution in [0.1, 0.15) is 66.7 Å². The number of rotatable bonds is 2. The topological polar surface area (TPSA) is 94.8 Å². The molecule has 0 aromatic carbocycles. The lowest BCUT2D eigenvalue weighted by Crippen LogP contribution is -2.62. The summed E-state index contributed by atoms with van der Waals surface area (Å²) in [7, 11) is 0. The van der Waals surface area contributed by atoms with E-state index in [4.69, 9.17) is 0 Å². The molecule has 0 aromatic heterocycles. The van der Waals surface area contributed by atoms with Gasteiger partial charge in [0.25, 0.3) is 0 Å². The standard InChI is InChI=1S/C25H36O5/c1-22(2,3)19-11-15(27)10-14-6-7-16-17-8-9-25(30,20(29)13-26)23(17,4)12-18(28)21(16)24(14,19)5/h10-11,16-18,21,26,28,30H,6-9,12-13H2,1-5H3/t16-,17-,18-,21+,23-,24+,25-/m0/s1. The predicted octanol–water partition coefficient (Wildman–Crippen LogP) is 2.97. The van der Waals surface area contributed by atoms with Crippen molar-refractivity contribution in [1.82, 2.24) is 0 Å². The van der Waals surface area contributed by atoms with Gasteiger partial charge in [0.15, 0.2) is 11.6 Å². The fraction of sp³-hybridized carbons (Fsp3) is 0.760. The molecule has 0 amide bonds. The number of fused-ring (bicyclic) bond motifs is 5. The van der Waals surface area contributed by atoms with E-state index < -0.39 is 34.9 Å². The number of aliphatic hydroxyl groups excluding tert-OH is 2. The van der Waals surface area contributed by atoms with Crippen LogP contribution >= 0.6 is 0 Å². The Morgan fingerprint density at radius 3 is 2.47 bits per heavy atom. The molecule has 166 valence electrons. The minimum Gasteiger partial charge on any atom is -0.393 e. The van der Waals surface area contributed by atoms with Crippen LogP contribution in [-0.2, 0) is 9.59 Å². The molecule has 0 unspecified atom stereocenters. The van der Waals surface area contributed by atoms with Gasteiger partial charge >= 0.3 is 0 Å². The fourth-order valence-electron chi connectivity index (χ4n) is 8.03. The molecule has 7 atom stereocenters. The van der Waals surface area contributed by atoms with Crippen LogP contribution in [0.15, 0.2) is 23.3 Å². The maximum absolute atomic E-state index is 12.5. The van der Waals surface area contributed by atoms with E-state index in [-0.39, 0.29) is 29.0 Å². The highest BCUT2D eigenvalue weighted by Gasteiger charge is 2.68. The van der Waals surface area contributed by atoms with Crippen molar-refractivity contribution < 1.29 is 24.9 Å². The maximum Gasteiger partial charge on any atom is 0.190 e. The lowest BCUT2D eigenvalue weighted by molar-refractivity contribution is -0.179. The second-order valence-corrected chi connectivity index (χ2v) is 11.6. The molecule has 3 saturated carbocycles. The Balaban J connectivity index is 1.81. The summed E-state index contributed by atoms with van der Waals surface area (Å²) in [5, 5.41) is 32.4. The molecule has 0 bridgehead atoms. The zero-order valence-corrected chi connectivity index (χ0v) is 18.9. The van der Waals surface area contributed by atoms with Crippen LogP contribution in [0.2, 0.25) is 0 Å². The summed E-state index contributed by atoms with van der Waals surface area (Å²) in [5.41, 5.74) is -0.757. The van der Waals surface area contributed by atoms with Gasteiger partial charge < -0.3 is 15.3 Å². The van der Waals surface area contributed by atoms with Crippen molar-refractivity contribution in [2.75, 3.05) is 6.61 Å². The molecule has 0 radical (unpaired) electrons. The van der Waals surface area contributed by atoms with Crippen LogP contribution < -0.4 is 0 Å². The molecule has 0 saturated heterocycles. The third kappa shape index (κ3) is 2.64. The van der Waals surface area contributed by atoms with Gasteiger partial charge in [-0.2, -0.15) is 0 Å². The molecule has 0 heterocycles. The number of aliphatic hydroxyl groups is 3. The number of hydrogen-bond acceptors (Lipinski definition) is 5. The monoisotopic (exact) mass is 416 g/mol. The second kappa shape index (κ2) is 6.60. The van der Waals surface area contributed by atoms with Gasteiger partial charge in [-0.25, -0.2) is 0 Å². The van der Waals surface area contributed by atoms with Gasteiger partial charge in [-0.3, -0.25) is 9.59 Å². The first kappa shape index (κ1) is 21.9. The Morgan fingerprint density at radius 1 is 1.20 bits per heavy atom. The number of Topliss-reactive ketones (excluding diaryl/α,β-unsaturated/α-hetero) is 1. The summed E-state index contributed by atoms with van der Waals surface area (Å²) < 4.78 is 0. The van der Waals surface area contributed by atoms with Gasteiger partial charge in [-0.15, -0.1) is 0 Å². The van der Waals surface area contributed by atoms with Crippen LogP contribution in [0.3, 0.4) is 0 Å². The quantitative estimate of drug-likeness (QED) is 0.643. The molecule has 3 fully saturated rings. The highest BCUT2D eigenvalue weighted by Crippen LogP contribution is 2.69. The van der Waals surface area contributed by atoms with Crippen LogP contribution in [0.4, 0.5) is 0 Å². The predicted molar refractivity (Wildman–Crippen MR) is 113 cm³/mol. The highest BCUT2D eigenvalue weighted by molar-refractivity contribution is 6.02. The van der Waals surface area contributed by atoms with Crippen molar-refractivity contribution in [3.05, 3.63) is 23.3 Å². The molecule has 0 aromatic rings. The van der Waals surface area contributed by atoms with Gasteiger partial charge in [0.1, 0.15) is 12.2 Å². The number of ketones is 2. The number of carbonyl (C=O) groups excluding carboxylic acids is 2. The van der Waals surface area contributed by atoms with Crippen LogP contribution in [-0.4, -0.2) is 45.2 Å². The Kier molecular flexibility index (Phi) is 4.82. The Hall–Kier alpha value is -1.30. The van der Waals surface area contributed by atoms with E-state index in [1.807, 2.05) is 6.92 Å². The van der Waals surface area contributed by atoms with Crippen molar-refractivity contribution in [3.63, 3.8) is 0 Å². The molecular weight excluding hydrogens is 380 g/mol. The molecule has 5 nitrogen and oxygen atoms in total. The summed E-state index contributed by atoms with van der Waals surface area (Å²) in [4.78, 5) is 25.0. The number of hydrogen-bond donors (Lipinski definition) is 3. The van der Waals surface area contributed by atoms with E-state index >= 15 is 0 Å². The van der Waals surface area contributed by atoms with Gasteiger partial charge in [0, 0.05) is 16.7 Å². The van der Waals surface area contributed by atoms with Crippen molar-refractivity contribution >= 4 is 11.6 Å². The largest absolute Gasteiger partial charge is 0.393 e. The number of carbonyl (C=O) groups is 2. The first-order chi connectivity index (χ1) is 13.8. The van der Waals surface area contributed by atoms with E-state index in [0.717, 1.165) is 30.4 Å². The molecule has 4 aliphatic rings. The van der Waals surface area contributed by atoms with Crippen molar-refractivity contribution in [2.24, 2.45) is 34.0 Å². The minimum absolute atomic E-state index is 0.0322. The van der Waals surface area contributed by atoms with Gasteiger partial charge in [0.2, 0.25) is 0 Å². The van der Waals surface area contributed by atoms with E-state index in [0.29, 0.717) is 12.8 Å². The van der Waals surface area contributed by atoms with Gasteiger partial charge in [0.05, 0.1) is 6.10 Å². The molecule has 4 aliphatic carbocycles. The van der Waals surface area contributed by atoms with Crippen molar-refractivity contribution in [2.45, 2.75) is 78.4 Å². The summed E-state index contributed by atoms with van der Waals surface area (Å²) >= 11 is 0. The normalized spacial score (nSPS) is 45.8. The SMILES string of the molecule is CC(C)(C)C1=CC(=O)C=C2CC[C@@H]3[C@H]([C@@H](O)C[C@@]4(C)[C@H]3CC[C@]4(O)C(=O)CO)[C@]21C. The highest BCUT2D eigenvalue weighted by atomic mass is 16.3. The molecule has 0 aliphatic heterocycles. The summed E-state index contributed by atoms with van der Waals surface area (Å²) in [6.07, 6.45) is 5.87. The summed E-state index contributed by atoms with van der Waals surface area (Å²) in [6, 6.07) is 0. The van der Waals surface area contributed by atoms with Crippen molar-refractivity contribution in [3.8, 4) is 0 Å². The lowest BCUT2D eigenvalue weighted by Gasteiger charge is -2.61. The van der Waals surface area contributed by atoms with Crippen LogP contribution in [0, 0.1) is 34.0 Å². The molecule has 5 heteroatoms. The third-order valence-corrected chi connectivity index (χ3v) is 9.26. The third-order valence-electron chi connectivity index (χ3n) is 9.26. The van der Waals surface area contributed by atoms with Gasteiger partial charge in [-0.1, -0.05) is 45.8 Å². The zero-order chi connectivity index (χ0) is 22.3. The number of allylic oxidation sites excluding steroid dienone is 4. The molecule has 3 N–H and O–H groups in total. The summed E-state index contributed by atoms with van der Waals surface area (Å²) in [5.74, 6) is -0.297.